The van der Waals surface area contributed by atoms with Crippen LogP contribution in [0.5, 0.6) is 0 Å². The van der Waals surface area contributed by atoms with Gasteiger partial charge in [0, 0.05) is 0 Å². The van der Waals surface area contributed by atoms with Crippen LogP contribution in [0.4, 0.5) is 11.4 Å². The molecule has 264 valence electrons. The molecule has 5 aromatic carbocycles. The molecule has 0 N–H and O–H groups in total. The Bertz CT molecular complexity index is 1830. The first-order valence-electron chi connectivity index (χ1n) is 19.7. The second-order valence-corrected chi connectivity index (χ2v) is 13.9. The van der Waals surface area contributed by atoms with E-state index in [2.05, 4.69) is 149 Å². The van der Waals surface area contributed by atoms with Crippen LogP contribution in [0, 0.1) is 0 Å². The Morgan fingerprint density at radius 1 is 0.451 bits per heavy atom. The Labute approximate surface area is 308 Å². The Hall–Kier alpha value is -4.56. The number of nitrogens with zero attached hydrogens (tertiary/aromatic N) is 2. The standard InChI is InChI=1S/C49H58N2/c1-5-8-10-12-13-24-32-45-42(31-17-11-9-6-2)35-44(37-48(45)41-29-22-16-23-30-41)50-38(4)49(7-3)51-43-33-34-46(39-25-18-14-19-26-39)47(36-43)40-27-20-15-21-28-40/h14-16,18-23,25-30,33-37H,5-13,17,24,31-32H2,1-4H3. The lowest BCUT2D eigenvalue weighted by Gasteiger charge is -2.18. The zero-order valence-electron chi connectivity index (χ0n) is 31.6. The number of aliphatic imine (C=N–C) groups is 2. The zero-order valence-corrected chi connectivity index (χ0v) is 31.6. The molecular weight excluding hydrogens is 617 g/mol. The van der Waals surface area contributed by atoms with E-state index >= 15 is 0 Å². The lowest BCUT2D eigenvalue weighted by molar-refractivity contribution is 0.605. The van der Waals surface area contributed by atoms with E-state index in [9.17, 15) is 0 Å². The van der Waals surface area contributed by atoms with Gasteiger partial charge in [0.2, 0.25) is 0 Å². The van der Waals surface area contributed by atoms with Crippen LogP contribution in [-0.2, 0) is 12.8 Å². The summed E-state index contributed by atoms with van der Waals surface area (Å²) in [6.45, 7) is 8.91. The molecule has 0 aliphatic carbocycles. The summed E-state index contributed by atoms with van der Waals surface area (Å²) < 4.78 is 0. The predicted molar refractivity (Wildman–Crippen MR) is 224 cm³/mol. The van der Waals surface area contributed by atoms with Gasteiger partial charge in [-0.1, -0.05) is 169 Å². The molecule has 0 aliphatic heterocycles. The quantitative estimate of drug-likeness (QED) is 0.0615. The summed E-state index contributed by atoms with van der Waals surface area (Å²) >= 11 is 0. The van der Waals surface area contributed by atoms with Gasteiger partial charge in [-0.25, -0.2) is 0 Å². The highest BCUT2D eigenvalue weighted by Crippen LogP contribution is 2.36. The Morgan fingerprint density at radius 3 is 1.57 bits per heavy atom. The molecule has 0 saturated carbocycles. The van der Waals surface area contributed by atoms with E-state index in [4.69, 9.17) is 9.98 Å². The maximum atomic E-state index is 5.32. The molecule has 0 unspecified atom stereocenters. The van der Waals surface area contributed by atoms with Crippen LogP contribution in [0.1, 0.15) is 109 Å². The van der Waals surface area contributed by atoms with Crippen LogP contribution in [0.15, 0.2) is 131 Å². The minimum Gasteiger partial charge on any atom is -0.252 e. The highest BCUT2D eigenvalue weighted by Gasteiger charge is 2.15. The van der Waals surface area contributed by atoms with Crippen LogP contribution in [0.25, 0.3) is 33.4 Å². The molecule has 0 atom stereocenters. The molecule has 0 fully saturated rings. The van der Waals surface area contributed by atoms with Gasteiger partial charge in [0.1, 0.15) is 0 Å². The minimum absolute atomic E-state index is 0.808. The fourth-order valence-electron chi connectivity index (χ4n) is 7.16. The Balaban J connectivity index is 1.52. The highest BCUT2D eigenvalue weighted by molar-refractivity contribution is 6.42. The van der Waals surface area contributed by atoms with E-state index < -0.39 is 0 Å². The fourth-order valence-corrected chi connectivity index (χ4v) is 7.16. The smallest absolute Gasteiger partial charge is 0.0642 e. The monoisotopic (exact) mass is 674 g/mol. The fraction of sp³-hybridized carbons (Fsp3) is 0.347. The summed E-state index contributed by atoms with van der Waals surface area (Å²) in [5, 5.41) is 0. The molecule has 2 heteroatoms. The highest BCUT2D eigenvalue weighted by atomic mass is 14.8. The van der Waals surface area contributed by atoms with Crippen molar-refractivity contribution >= 4 is 22.8 Å². The molecule has 5 rings (SSSR count). The molecule has 0 bridgehead atoms. The third-order valence-corrected chi connectivity index (χ3v) is 9.98. The van der Waals surface area contributed by atoms with Crippen molar-refractivity contribution in [1.82, 2.24) is 0 Å². The molecule has 0 spiro atoms. The maximum Gasteiger partial charge on any atom is 0.0642 e. The van der Waals surface area contributed by atoms with Crippen molar-refractivity contribution in [2.75, 3.05) is 0 Å². The summed E-state index contributed by atoms with van der Waals surface area (Å²) in [5.41, 5.74) is 14.4. The second-order valence-electron chi connectivity index (χ2n) is 13.9. The van der Waals surface area contributed by atoms with Gasteiger partial charge in [0.15, 0.2) is 0 Å². The van der Waals surface area contributed by atoms with Gasteiger partial charge in [-0.15, -0.1) is 0 Å². The van der Waals surface area contributed by atoms with Crippen molar-refractivity contribution in [3.05, 3.63) is 132 Å². The lowest BCUT2D eigenvalue weighted by atomic mass is 9.88. The van der Waals surface area contributed by atoms with Crippen LogP contribution in [0.2, 0.25) is 0 Å². The van der Waals surface area contributed by atoms with E-state index in [1.54, 1.807) is 0 Å². The minimum atomic E-state index is 0.808. The van der Waals surface area contributed by atoms with Crippen molar-refractivity contribution in [3.63, 3.8) is 0 Å². The number of rotatable bonds is 19. The van der Waals surface area contributed by atoms with Gasteiger partial charge in [0.05, 0.1) is 22.8 Å². The van der Waals surface area contributed by atoms with Crippen molar-refractivity contribution in [1.29, 1.82) is 0 Å². The van der Waals surface area contributed by atoms with Gasteiger partial charge in [-0.05, 0) is 108 Å². The molecule has 0 amide bonds. The molecule has 5 aromatic rings. The van der Waals surface area contributed by atoms with E-state index in [1.165, 1.54) is 109 Å². The number of hydrogen-bond acceptors (Lipinski definition) is 2. The number of benzene rings is 5. The first-order chi connectivity index (χ1) is 25.1. The topological polar surface area (TPSA) is 24.7 Å². The SMILES string of the molecule is CCCCCCCCc1c(CCCCCC)cc(N=C(C)C(CC)=Nc2ccc(-c3ccccc3)c(-c3ccccc3)c2)cc1-c1ccccc1. The predicted octanol–water partition coefficient (Wildman–Crippen LogP) is 15.0. The van der Waals surface area contributed by atoms with Gasteiger partial charge in [-0.2, -0.15) is 0 Å². The summed E-state index contributed by atoms with van der Waals surface area (Å²) in [4.78, 5) is 10.6. The Kier molecular flexibility index (Phi) is 15.0. The van der Waals surface area contributed by atoms with E-state index in [1.807, 2.05) is 0 Å². The molecule has 0 aliphatic rings. The zero-order chi connectivity index (χ0) is 35.7. The summed E-state index contributed by atoms with van der Waals surface area (Å²) in [6, 6.07) is 43.6. The maximum absolute atomic E-state index is 5.32. The summed E-state index contributed by atoms with van der Waals surface area (Å²) in [5.74, 6) is 0. The summed E-state index contributed by atoms with van der Waals surface area (Å²) in [7, 11) is 0. The van der Waals surface area contributed by atoms with Crippen LogP contribution >= 0.6 is 0 Å². The summed E-state index contributed by atoms with van der Waals surface area (Å²) in [6.07, 6.45) is 16.0. The molecule has 51 heavy (non-hydrogen) atoms. The third-order valence-electron chi connectivity index (χ3n) is 9.98. The van der Waals surface area contributed by atoms with Crippen LogP contribution in [0.3, 0.4) is 0 Å². The molecule has 0 saturated heterocycles. The third kappa shape index (κ3) is 11.0. The second kappa shape index (κ2) is 20.3. The average molecular weight is 675 g/mol. The van der Waals surface area contributed by atoms with Crippen LogP contribution in [-0.4, -0.2) is 11.4 Å². The lowest BCUT2D eigenvalue weighted by Crippen LogP contribution is -2.08. The van der Waals surface area contributed by atoms with Crippen molar-refractivity contribution in [2.45, 2.75) is 111 Å². The molecule has 0 radical (unpaired) electrons. The Morgan fingerprint density at radius 2 is 0.961 bits per heavy atom. The molecule has 2 nitrogen and oxygen atoms in total. The average Bonchev–Trinajstić information content (AvgIpc) is 3.18. The van der Waals surface area contributed by atoms with Gasteiger partial charge in [-0.3, -0.25) is 9.98 Å². The van der Waals surface area contributed by atoms with Gasteiger partial charge < -0.3 is 0 Å². The van der Waals surface area contributed by atoms with Crippen molar-refractivity contribution in [3.8, 4) is 33.4 Å². The number of aryl methyl sites for hydroxylation is 1. The van der Waals surface area contributed by atoms with E-state index in [-0.39, 0.29) is 0 Å². The molecule has 0 aromatic heterocycles. The normalized spacial score (nSPS) is 12.0. The first kappa shape index (κ1) is 37.7. The van der Waals surface area contributed by atoms with Crippen molar-refractivity contribution < 1.29 is 0 Å². The van der Waals surface area contributed by atoms with Crippen LogP contribution < -0.4 is 0 Å². The molecule has 0 heterocycles. The number of hydrogen-bond donors (Lipinski definition) is 0. The van der Waals surface area contributed by atoms with E-state index in [0.717, 1.165) is 42.1 Å². The largest absolute Gasteiger partial charge is 0.252 e. The van der Waals surface area contributed by atoms with Gasteiger partial charge >= 0.3 is 0 Å². The van der Waals surface area contributed by atoms with E-state index in [0.29, 0.717) is 0 Å². The number of unbranched alkanes of at least 4 members (excludes halogenated alkanes) is 8. The van der Waals surface area contributed by atoms with Gasteiger partial charge in [0.25, 0.3) is 0 Å². The van der Waals surface area contributed by atoms with Crippen molar-refractivity contribution in [2.24, 2.45) is 9.98 Å². The first-order valence-corrected chi connectivity index (χ1v) is 19.7. The molecular formula is C49H58N2.